The molecule has 0 spiro atoms. The third-order valence-corrected chi connectivity index (χ3v) is 0. The maximum Gasteiger partial charge on any atom is -0.0149 e. The van der Waals surface area contributed by atoms with Crippen LogP contribution >= 0.6 is 0 Å². The van der Waals surface area contributed by atoms with Gasteiger partial charge < -0.3 is 0 Å². The van der Waals surface area contributed by atoms with Crippen molar-refractivity contribution in [3.05, 3.63) is 0 Å². The molecule has 0 aromatic carbocycles. The van der Waals surface area contributed by atoms with Gasteiger partial charge in [0.15, 0.2) is 17.4 Å². The maximum atomic E-state index is 8.25. The third-order valence-electron chi connectivity index (χ3n) is 0. The normalized spacial score (nSPS) is 0.600. The second-order valence-corrected chi connectivity index (χ2v) is 0. The average molecular weight is 219 g/mol. The van der Waals surface area contributed by atoms with Gasteiger partial charge in [-0.05, 0) is 11.0 Å². The molecule has 1 radical (unpaired) electrons. The molecule has 29 valence electrons. The molecule has 5 heteroatoms. The van der Waals surface area contributed by atoms with Crippen LogP contribution in [0.5, 0.6) is 0 Å². The summed E-state index contributed by atoms with van der Waals surface area (Å²) >= 11 is 0.750. The second-order valence-electron chi connectivity index (χ2n) is 0. The van der Waals surface area contributed by atoms with E-state index in [4.69, 9.17) is 3.32 Å². The Morgan fingerprint density at radius 3 is 1.20 bits per heavy atom. The van der Waals surface area contributed by atoms with E-state index in [-0.39, 0.29) is 50.7 Å². The third kappa shape index (κ3) is 24.0. The quantitative estimate of drug-likeness (QED) is 0.403. The zero-order valence-electron chi connectivity index (χ0n) is 1.36. The van der Waals surface area contributed by atoms with Crippen LogP contribution < -0.4 is 0 Å². The Hall–Kier alpha value is 2.00. The van der Waals surface area contributed by atoms with Gasteiger partial charge in [0.1, 0.15) is 0 Å². The molecule has 0 aromatic heterocycles. The Bertz CT molecular complexity index is 11.6. The zero-order chi connectivity index (χ0) is 2.00. The number of hydrogen-bond acceptors (Lipinski definition) is 1. The standard InChI is InChI=1S/Al.Nb.O.H4Si.Ti.3H/h;;;1H4;;;;. The molecule has 0 aliphatic carbocycles. The Kier molecular flexibility index (Phi) is 209. The van der Waals surface area contributed by atoms with Crippen molar-refractivity contribution in [2.24, 2.45) is 0 Å². The van der Waals surface area contributed by atoms with Gasteiger partial charge in [-0.2, -0.15) is 0 Å². The van der Waals surface area contributed by atoms with E-state index in [1.807, 2.05) is 0 Å². The molecule has 0 saturated heterocycles. The van der Waals surface area contributed by atoms with Gasteiger partial charge in [0.25, 0.3) is 0 Å². The first-order valence-electron chi connectivity index (χ1n) is 0.204. The molecule has 0 saturated carbocycles. The van der Waals surface area contributed by atoms with Crippen molar-refractivity contribution in [3.63, 3.8) is 0 Å². The zero-order valence-corrected chi connectivity index (χ0v) is 5.12. The summed E-state index contributed by atoms with van der Waals surface area (Å²) in [4.78, 5) is 0. The van der Waals surface area contributed by atoms with E-state index in [0.29, 0.717) is 0 Å². The van der Waals surface area contributed by atoms with Gasteiger partial charge in [-0.1, -0.05) is 0 Å². The van der Waals surface area contributed by atoms with Crippen LogP contribution in [0.15, 0.2) is 0 Å². The van der Waals surface area contributed by atoms with Crippen LogP contribution in [0, 0.1) is 0 Å². The average Bonchev–Trinajstić information content (AvgIpc) is 1.00. The van der Waals surface area contributed by atoms with Crippen LogP contribution in [0.3, 0.4) is 0 Å². The largest absolute Gasteiger partial charge is 0.0149 e. The van der Waals surface area contributed by atoms with Crippen molar-refractivity contribution in [1.82, 2.24) is 0 Å². The minimum absolute atomic E-state index is 0. The fraction of sp³-hybridized carbons (Fsp3) is 0. The van der Waals surface area contributed by atoms with Crippen LogP contribution in [-0.2, 0) is 46.1 Å². The first-order chi connectivity index (χ1) is 1.00. The predicted octanol–water partition coefficient (Wildman–Crippen LogP) is -2.76. The van der Waals surface area contributed by atoms with Gasteiger partial charge in [-0.3, -0.25) is 0 Å². The van der Waals surface area contributed by atoms with E-state index in [0.717, 1.165) is 20.4 Å². The Morgan fingerprint density at radius 2 is 1.20 bits per heavy atom. The van der Waals surface area contributed by atoms with Gasteiger partial charge in [0.05, 0.1) is 0 Å². The van der Waals surface area contributed by atoms with E-state index in [2.05, 4.69) is 0 Å². The van der Waals surface area contributed by atoms with Gasteiger partial charge in [-0.25, -0.2) is 0 Å². The fourth-order valence-corrected chi connectivity index (χ4v) is 0. The van der Waals surface area contributed by atoms with E-state index < -0.39 is 0 Å². The molecule has 0 N–H and O–H groups in total. The summed E-state index contributed by atoms with van der Waals surface area (Å²) in [5.74, 6) is 0. The molecule has 1 nitrogen and oxygen atoms in total. The summed E-state index contributed by atoms with van der Waals surface area (Å²) in [6, 6.07) is 0. The van der Waals surface area contributed by atoms with Crippen molar-refractivity contribution < 1.29 is 46.1 Å². The van der Waals surface area contributed by atoms with E-state index in [1.54, 1.807) is 0 Å². The first kappa shape index (κ1) is 28.0. The van der Waals surface area contributed by atoms with E-state index in [1.165, 1.54) is 0 Å². The van der Waals surface area contributed by atoms with Gasteiger partial charge in [-0.15, -0.1) is 0 Å². The predicted molar refractivity (Wildman–Crippen MR) is 22.0 cm³/mol. The maximum absolute atomic E-state index is 8.25. The molecule has 0 aliphatic rings. The molecule has 0 unspecified atom stereocenters. The molecule has 5 heavy (non-hydrogen) atoms. The molecule has 0 fully saturated rings. The Balaban J connectivity index is -0.00000000167. The fourth-order valence-electron chi connectivity index (χ4n) is 0. The van der Waals surface area contributed by atoms with Crippen LogP contribution in [0.25, 0.3) is 0 Å². The molecule has 0 aromatic rings. The Labute approximate surface area is 73.7 Å². The van der Waals surface area contributed by atoms with Crippen molar-refractivity contribution in [2.75, 3.05) is 0 Å². The summed E-state index contributed by atoms with van der Waals surface area (Å²) in [7, 11) is 0. The molecular formula is H7AlNbOSiTi. The summed E-state index contributed by atoms with van der Waals surface area (Å²) in [5.41, 5.74) is 0. The number of hydrogen-bond donors (Lipinski definition) is 0. The smallest absolute Gasteiger partial charge is 0.0149 e. The van der Waals surface area contributed by atoms with Gasteiger partial charge in [0, 0.05) is 22.4 Å². The summed E-state index contributed by atoms with van der Waals surface area (Å²) in [6.07, 6.45) is 0. The minimum atomic E-state index is 0. The van der Waals surface area contributed by atoms with Crippen LogP contribution in [-0.4, -0.2) is 28.3 Å². The molecule has 0 atom stereocenters. The van der Waals surface area contributed by atoms with Gasteiger partial charge >= 0.3 is 23.7 Å². The molecule has 0 heterocycles. The topological polar surface area (TPSA) is 17.1 Å². The second kappa shape index (κ2) is 37.4. The SMILES string of the molecule is [AlH3].[Nb].[O]=[Ti].[SiH4]. The van der Waals surface area contributed by atoms with Crippen molar-refractivity contribution >= 4 is 28.3 Å². The number of rotatable bonds is 0. The molecule has 0 aliphatic heterocycles. The molecular weight excluding hydrogens is 212 g/mol. The monoisotopic (exact) mass is 219 g/mol. The minimum Gasteiger partial charge on any atom is -0.0149 e. The molecule has 0 rings (SSSR count). The first-order valence-corrected chi connectivity index (χ1v) is 0.842. The van der Waals surface area contributed by atoms with Crippen LogP contribution in [0.2, 0.25) is 0 Å². The van der Waals surface area contributed by atoms with Gasteiger partial charge in [0.2, 0.25) is 0 Å². The van der Waals surface area contributed by atoms with Crippen molar-refractivity contribution in [1.29, 1.82) is 0 Å². The van der Waals surface area contributed by atoms with E-state index in [9.17, 15) is 0 Å². The molecule has 0 bridgehead atoms. The molecule has 0 amide bonds. The van der Waals surface area contributed by atoms with Crippen LogP contribution in [0.4, 0.5) is 0 Å². The summed E-state index contributed by atoms with van der Waals surface area (Å²) in [5, 5.41) is 0. The van der Waals surface area contributed by atoms with Crippen LogP contribution in [0.1, 0.15) is 0 Å². The van der Waals surface area contributed by atoms with Crippen molar-refractivity contribution in [3.8, 4) is 0 Å². The van der Waals surface area contributed by atoms with Crippen molar-refractivity contribution in [2.45, 2.75) is 0 Å². The summed E-state index contributed by atoms with van der Waals surface area (Å²) in [6.45, 7) is 0. The Morgan fingerprint density at radius 1 is 1.20 bits per heavy atom. The summed E-state index contributed by atoms with van der Waals surface area (Å²) < 4.78 is 8.25. The van der Waals surface area contributed by atoms with E-state index >= 15 is 0 Å².